The minimum atomic E-state index is 0.325. The Morgan fingerprint density at radius 2 is 2.47 bits per heavy atom. The molecule has 0 aliphatic carbocycles. The summed E-state index contributed by atoms with van der Waals surface area (Å²) in [7, 11) is 0. The molecule has 1 aliphatic rings. The summed E-state index contributed by atoms with van der Waals surface area (Å²) in [5.74, 6) is 0. The number of fused-ring (bicyclic) bond motifs is 1. The lowest BCUT2D eigenvalue weighted by Gasteiger charge is -2.22. The van der Waals surface area contributed by atoms with Gasteiger partial charge in [-0.3, -0.25) is 4.98 Å². The maximum Gasteiger partial charge on any atom is 0.131 e. The number of pyridine rings is 1. The summed E-state index contributed by atoms with van der Waals surface area (Å²) in [6, 6.07) is 2.27. The summed E-state index contributed by atoms with van der Waals surface area (Å²) in [6.45, 7) is 1.60. The average Bonchev–Trinajstić information content (AvgIpc) is 2.74. The van der Waals surface area contributed by atoms with Gasteiger partial charge in [0.15, 0.2) is 0 Å². The van der Waals surface area contributed by atoms with Gasteiger partial charge in [0.1, 0.15) is 5.52 Å². The van der Waals surface area contributed by atoms with Crippen LogP contribution in [-0.4, -0.2) is 33.2 Å². The lowest BCUT2D eigenvalue weighted by atomic mass is 10.1. The highest BCUT2D eigenvalue weighted by atomic mass is 16.5. The molecule has 0 spiro atoms. The van der Waals surface area contributed by atoms with Crippen molar-refractivity contribution in [1.29, 1.82) is 0 Å². The first-order chi connectivity index (χ1) is 7.45. The maximum absolute atomic E-state index is 5.45. The molecule has 0 radical (unpaired) electrons. The molecule has 1 fully saturated rings. The molecule has 0 bridgehead atoms. The molecule has 2 aromatic heterocycles. The van der Waals surface area contributed by atoms with Crippen LogP contribution in [-0.2, 0) is 4.74 Å². The standard InChI is InChI=1S/C10H12N4O/c1-2-8(7-15-5-1)14-10-3-4-11-6-9(10)12-13-14/h3-4,6,8H,1-2,5,7H2. The summed E-state index contributed by atoms with van der Waals surface area (Å²) in [5.41, 5.74) is 1.89. The van der Waals surface area contributed by atoms with E-state index in [0.717, 1.165) is 37.1 Å². The molecule has 15 heavy (non-hydrogen) atoms. The lowest BCUT2D eigenvalue weighted by Crippen LogP contribution is -2.22. The molecule has 3 heterocycles. The van der Waals surface area contributed by atoms with Crippen LogP contribution < -0.4 is 0 Å². The van der Waals surface area contributed by atoms with Gasteiger partial charge in [0.25, 0.3) is 0 Å². The van der Waals surface area contributed by atoms with E-state index in [-0.39, 0.29) is 0 Å². The molecule has 2 aromatic rings. The van der Waals surface area contributed by atoms with E-state index in [9.17, 15) is 0 Å². The van der Waals surface area contributed by atoms with Crippen LogP contribution in [0.15, 0.2) is 18.5 Å². The highest BCUT2D eigenvalue weighted by Gasteiger charge is 2.18. The van der Waals surface area contributed by atoms with E-state index in [0.29, 0.717) is 6.04 Å². The van der Waals surface area contributed by atoms with Gasteiger partial charge in [-0.15, -0.1) is 5.10 Å². The van der Waals surface area contributed by atoms with Crippen molar-refractivity contribution in [1.82, 2.24) is 20.0 Å². The molecule has 3 rings (SSSR count). The van der Waals surface area contributed by atoms with Gasteiger partial charge in [-0.2, -0.15) is 0 Å². The first kappa shape index (κ1) is 8.79. The molecule has 0 amide bonds. The Morgan fingerprint density at radius 3 is 3.33 bits per heavy atom. The van der Waals surface area contributed by atoms with Gasteiger partial charge in [-0.05, 0) is 18.9 Å². The summed E-state index contributed by atoms with van der Waals surface area (Å²) < 4.78 is 7.41. The van der Waals surface area contributed by atoms with Crippen LogP contribution in [0.5, 0.6) is 0 Å². The van der Waals surface area contributed by atoms with E-state index in [1.54, 1.807) is 12.4 Å². The second-order valence-electron chi connectivity index (χ2n) is 3.77. The van der Waals surface area contributed by atoms with Crippen LogP contribution in [0.2, 0.25) is 0 Å². The van der Waals surface area contributed by atoms with Crippen molar-refractivity contribution < 1.29 is 4.74 Å². The normalized spacial score (nSPS) is 22.0. The van der Waals surface area contributed by atoms with Crippen LogP contribution >= 0.6 is 0 Å². The monoisotopic (exact) mass is 204 g/mol. The van der Waals surface area contributed by atoms with Gasteiger partial charge in [-0.1, -0.05) is 5.21 Å². The van der Waals surface area contributed by atoms with Crippen LogP contribution in [0, 0.1) is 0 Å². The third kappa shape index (κ3) is 1.48. The predicted molar refractivity (Wildman–Crippen MR) is 54.4 cm³/mol. The molecule has 1 atom stereocenters. The molecule has 0 aromatic carbocycles. The van der Waals surface area contributed by atoms with E-state index in [2.05, 4.69) is 15.3 Å². The number of ether oxygens (including phenoxy) is 1. The Bertz CT molecular complexity index is 461. The van der Waals surface area contributed by atoms with E-state index >= 15 is 0 Å². The predicted octanol–water partition coefficient (Wildman–Crippen LogP) is 1.18. The van der Waals surface area contributed by atoms with Crippen molar-refractivity contribution in [2.75, 3.05) is 13.2 Å². The van der Waals surface area contributed by atoms with Crippen molar-refractivity contribution in [2.24, 2.45) is 0 Å². The third-order valence-electron chi connectivity index (χ3n) is 2.76. The Labute approximate surface area is 87.1 Å². The Balaban J connectivity index is 2.02. The molecule has 5 nitrogen and oxygen atoms in total. The molecule has 1 unspecified atom stereocenters. The van der Waals surface area contributed by atoms with E-state index < -0.39 is 0 Å². The molecule has 0 N–H and O–H groups in total. The zero-order chi connectivity index (χ0) is 10.1. The molecule has 1 aliphatic heterocycles. The minimum Gasteiger partial charge on any atom is -0.379 e. The molecule has 78 valence electrons. The molecular weight excluding hydrogens is 192 g/mol. The second-order valence-corrected chi connectivity index (χ2v) is 3.77. The zero-order valence-electron chi connectivity index (χ0n) is 8.33. The number of hydrogen-bond acceptors (Lipinski definition) is 4. The van der Waals surface area contributed by atoms with Crippen molar-refractivity contribution >= 4 is 11.0 Å². The number of aromatic nitrogens is 4. The lowest BCUT2D eigenvalue weighted by molar-refractivity contribution is 0.0558. The highest BCUT2D eigenvalue weighted by Crippen LogP contribution is 2.21. The van der Waals surface area contributed by atoms with Crippen molar-refractivity contribution in [3.8, 4) is 0 Å². The number of rotatable bonds is 1. The van der Waals surface area contributed by atoms with Gasteiger partial charge in [0.2, 0.25) is 0 Å². The van der Waals surface area contributed by atoms with Crippen molar-refractivity contribution in [2.45, 2.75) is 18.9 Å². The van der Waals surface area contributed by atoms with Crippen LogP contribution in [0.1, 0.15) is 18.9 Å². The minimum absolute atomic E-state index is 0.325. The molecular formula is C10H12N4O. The first-order valence-electron chi connectivity index (χ1n) is 5.18. The maximum atomic E-state index is 5.45. The zero-order valence-corrected chi connectivity index (χ0v) is 8.33. The highest BCUT2D eigenvalue weighted by molar-refractivity contribution is 5.72. The van der Waals surface area contributed by atoms with Crippen LogP contribution in [0.3, 0.4) is 0 Å². The Hall–Kier alpha value is -1.49. The van der Waals surface area contributed by atoms with E-state index in [1.165, 1.54) is 0 Å². The van der Waals surface area contributed by atoms with Crippen molar-refractivity contribution in [3.63, 3.8) is 0 Å². The van der Waals surface area contributed by atoms with Gasteiger partial charge in [-0.25, -0.2) is 4.68 Å². The summed E-state index contributed by atoms with van der Waals surface area (Å²) in [5, 5.41) is 8.25. The van der Waals surface area contributed by atoms with Crippen molar-refractivity contribution in [3.05, 3.63) is 18.5 Å². The fourth-order valence-electron chi connectivity index (χ4n) is 1.98. The third-order valence-corrected chi connectivity index (χ3v) is 2.76. The first-order valence-corrected chi connectivity index (χ1v) is 5.18. The topological polar surface area (TPSA) is 52.8 Å². The smallest absolute Gasteiger partial charge is 0.131 e. The van der Waals surface area contributed by atoms with Gasteiger partial charge in [0, 0.05) is 12.8 Å². The van der Waals surface area contributed by atoms with E-state index in [1.807, 2.05) is 10.7 Å². The Kier molecular flexibility index (Phi) is 2.10. The van der Waals surface area contributed by atoms with Gasteiger partial charge < -0.3 is 4.74 Å². The molecule has 0 saturated carbocycles. The van der Waals surface area contributed by atoms with Crippen LogP contribution in [0.4, 0.5) is 0 Å². The molecule has 1 saturated heterocycles. The second kappa shape index (κ2) is 3.58. The fraction of sp³-hybridized carbons (Fsp3) is 0.500. The quantitative estimate of drug-likeness (QED) is 0.699. The summed E-state index contributed by atoms with van der Waals surface area (Å²) in [6.07, 6.45) is 5.71. The largest absolute Gasteiger partial charge is 0.379 e. The SMILES string of the molecule is c1cc2c(cn1)nnn2C1CCCOC1. The van der Waals surface area contributed by atoms with Gasteiger partial charge >= 0.3 is 0 Å². The summed E-state index contributed by atoms with van der Waals surface area (Å²) >= 11 is 0. The summed E-state index contributed by atoms with van der Waals surface area (Å²) in [4.78, 5) is 4.02. The number of nitrogens with zero attached hydrogens (tertiary/aromatic N) is 4. The molecule has 5 heteroatoms. The average molecular weight is 204 g/mol. The fourth-order valence-corrected chi connectivity index (χ4v) is 1.98. The van der Waals surface area contributed by atoms with Crippen LogP contribution in [0.25, 0.3) is 11.0 Å². The van der Waals surface area contributed by atoms with Gasteiger partial charge in [0.05, 0.1) is 24.4 Å². The van der Waals surface area contributed by atoms with E-state index in [4.69, 9.17) is 4.74 Å². The Morgan fingerprint density at radius 1 is 1.47 bits per heavy atom. The number of hydrogen-bond donors (Lipinski definition) is 0.